The maximum atomic E-state index is 12.7. The van der Waals surface area contributed by atoms with Gasteiger partial charge in [-0.3, -0.25) is 9.59 Å². The summed E-state index contributed by atoms with van der Waals surface area (Å²) in [6.07, 6.45) is 0. The Morgan fingerprint density at radius 2 is 1.94 bits per heavy atom. The lowest BCUT2D eigenvalue weighted by molar-refractivity contribution is -0.120. The number of aryl methyl sites for hydroxylation is 1. The lowest BCUT2D eigenvalue weighted by Gasteiger charge is -2.14. The Kier molecular flexibility index (Phi) is 7.82. The van der Waals surface area contributed by atoms with E-state index in [1.54, 1.807) is 51.5 Å². The number of halogens is 1. The third-order valence-corrected chi connectivity index (χ3v) is 6.22. The molecule has 7 nitrogen and oxygen atoms in total. The number of carbonyl (C=O) groups is 1. The first-order chi connectivity index (χ1) is 15.3. The van der Waals surface area contributed by atoms with Gasteiger partial charge in [0.05, 0.1) is 25.2 Å². The lowest BCUT2D eigenvalue weighted by Crippen LogP contribution is -2.31. The molecular weight excluding hydrogens is 450 g/mol. The summed E-state index contributed by atoms with van der Waals surface area (Å²) in [6.45, 7) is 3.96. The van der Waals surface area contributed by atoms with Crippen LogP contribution in [0.25, 0.3) is 5.69 Å². The van der Waals surface area contributed by atoms with Gasteiger partial charge in [-0.1, -0.05) is 29.4 Å². The van der Waals surface area contributed by atoms with E-state index in [4.69, 9.17) is 21.1 Å². The van der Waals surface area contributed by atoms with Crippen LogP contribution >= 0.6 is 23.4 Å². The summed E-state index contributed by atoms with van der Waals surface area (Å²) in [5.74, 6) is 1.18. The maximum Gasteiger partial charge on any atom is 0.271 e. The van der Waals surface area contributed by atoms with Crippen molar-refractivity contribution in [1.82, 2.24) is 15.1 Å². The molecule has 1 atom stereocenters. The molecule has 0 saturated heterocycles. The summed E-state index contributed by atoms with van der Waals surface area (Å²) >= 11 is 7.45. The minimum Gasteiger partial charge on any atom is -0.497 e. The van der Waals surface area contributed by atoms with E-state index in [2.05, 4.69) is 10.4 Å². The first-order valence-corrected chi connectivity index (χ1v) is 11.1. The highest BCUT2D eigenvalue weighted by molar-refractivity contribution is 8.00. The SMILES string of the molecule is COc1ccc(OC)c(CNC(=O)[C@H](C)Sc2ccc(=O)n(-c3ccc(C)c(Cl)c3)n2)c1. The van der Waals surface area contributed by atoms with Crippen molar-refractivity contribution in [2.45, 2.75) is 30.7 Å². The van der Waals surface area contributed by atoms with Crippen LogP contribution in [0.15, 0.2) is 58.4 Å². The van der Waals surface area contributed by atoms with E-state index >= 15 is 0 Å². The van der Waals surface area contributed by atoms with Crippen LogP contribution in [0.4, 0.5) is 0 Å². The van der Waals surface area contributed by atoms with Gasteiger partial charge in [0.2, 0.25) is 5.91 Å². The van der Waals surface area contributed by atoms with Crippen molar-refractivity contribution in [2.24, 2.45) is 0 Å². The maximum absolute atomic E-state index is 12.7. The van der Waals surface area contributed by atoms with Crippen LogP contribution in [-0.4, -0.2) is 35.2 Å². The van der Waals surface area contributed by atoms with Crippen molar-refractivity contribution in [1.29, 1.82) is 0 Å². The van der Waals surface area contributed by atoms with Crippen LogP contribution in [0.2, 0.25) is 5.02 Å². The molecule has 9 heteroatoms. The summed E-state index contributed by atoms with van der Waals surface area (Å²) in [5.41, 5.74) is 2.00. The Hall–Kier alpha value is -2.97. The molecule has 3 rings (SSSR count). The number of ether oxygens (including phenoxy) is 2. The molecule has 1 heterocycles. The molecule has 0 saturated carbocycles. The van der Waals surface area contributed by atoms with Crippen molar-refractivity contribution in [3.8, 4) is 17.2 Å². The first kappa shape index (κ1) is 23.7. The van der Waals surface area contributed by atoms with Crippen LogP contribution in [0.1, 0.15) is 18.1 Å². The normalized spacial score (nSPS) is 11.7. The third-order valence-electron chi connectivity index (χ3n) is 4.78. The highest BCUT2D eigenvalue weighted by atomic mass is 35.5. The summed E-state index contributed by atoms with van der Waals surface area (Å²) in [5, 5.41) is 7.96. The van der Waals surface area contributed by atoms with Gasteiger partial charge >= 0.3 is 0 Å². The largest absolute Gasteiger partial charge is 0.497 e. The number of carbonyl (C=O) groups excluding carboxylic acids is 1. The minimum absolute atomic E-state index is 0.169. The van der Waals surface area contributed by atoms with Crippen LogP contribution in [0, 0.1) is 6.92 Å². The van der Waals surface area contributed by atoms with E-state index in [1.807, 2.05) is 19.1 Å². The summed E-state index contributed by atoms with van der Waals surface area (Å²) in [4.78, 5) is 25.0. The minimum atomic E-state index is -0.438. The van der Waals surface area contributed by atoms with Crippen molar-refractivity contribution in [3.63, 3.8) is 0 Å². The number of nitrogens with one attached hydrogen (secondary N) is 1. The second-order valence-corrected chi connectivity index (χ2v) is 8.78. The van der Waals surface area contributed by atoms with Gasteiger partial charge in [-0.05, 0) is 55.8 Å². The Bertz CT molecular complexity index is 1180. The average molecular weight is 474 g/mol. The summed E-state index contributed by atoms with van der Waals surface area (Å²) in [6, 6.07) is 13.7. The molecular formula is C23H24ClN3O4S. The predicted molar refractivity (Wildman–Crippen MR) is 126 cm³/mol. The van der Waals surface area contributed by atoms with Gasteiger partial charge < -0.3 is 14.8 Å². The Morgan fingerprint density at radius 1 is 1.16 bits per heavy atom. The van der Waals surface area contributed by atoms with Crippen molar-refractivity contribution < 1.29 is 14.3 Å². The van der Waals surface area contributed by atoms with Crippen LogP contribution in [-0.2, 0) is 11.3 Å². The molecule has 0 aliphatic carbocycles. The number of aromatic nitrogens is 2. The molecule has 0 aliphatic heterocycles. The van der Waals surface area contributed by atoms with E-state index < -0.39 is 5.25 Å². The van der Waals surface area contributed by atoms with E-state index in [9.17, 15) is 9.59 Å². The van der Waals surface area contributed by atoms with Crippen molar-refractivity contribution in [2.75, 3.05) is 14.2 Å². The van der Waals surface area contributed by atoms with Crippen molar-refractivity contribution in [3.05, 3.63) is 75.0 Å². The molecule has 1 amide bonds. The monoisotopic (exact) mass is 473 g/mol. The fourth-order valence-corrected chi connectivity index (χ4v) is 3.94. The highest BCUT2D eigenvalue weighted by Gasteiger charge is 2.17. The predicted octanol–water partition coefficient (Wildman–Crippen LogP) is 4.01. The molecule has 32 heavy (non-hydrogen) atoms. The van der Waals surface area contributed by atoms with Gasteiger partial charge in [-0.25, -0.2) is 0 Å². The second-order valence-electron chi connectivity index (χ2n) is 7.01. The van der Waals surface area contributed by atoms with Crippen molar-refractivity contribution >= 4 is 29.3 Å². The number of amides is 1. The zero-order chi connectivity index (χ0) is 23.3. The number of benzene rings is 2. The van der Waals surface area contributed by atoms with E-state index in [1.165, 1.54) is 22.5 Å². The molecule has 0 unspecified atom stereocenters. The van der Waals surface area contributed by atoms with E-state index in [-0.39, 0.29) is 11.5 Å². The van der Waals surface area contributed by atoms with Gasteiger partial charge in [0.25, 0.3) is 5.56 Å². The highest BCUT2D eigenvalue weighted by Crippen LogP contribution is 2.25. The first-order valence-electron chi connectivity index (χ1n) is 9.84. The molecule has 0 radical (unpaired) electrons. The van der Waals surface area contributed by atoms with Gasteiger partial charge in [0.1, 0.15) is 16.5 Å². The molecule has 1 aromatic heterocycles. The Morgan fingerprint density at radius 3 is 2.62 bits per heavy atom. The van der Waals surface area contributed by atoms with Gasteiger partial charge in [0.15, 0.2) is 0 Å². The third kappa shape index (κ3) is 5.63. The number of nitrogens with zero attached hydrogens (tertiary/aromatic N) is 2. The van der Waals surface area contributed by atoms with Crippen LogP contribution < -0.4 is 20.3 Å². The van der Waals surface area contributed by atoms with Crippen LogP contribution in [0.5, 0.6) is 11.5 Å². The molecule has 0 aliphatic rings. The fraction of sp³-hybridized carbons (Fsp3) is 0.261. The fourth-order valence-electron chi connectivity index (χ4n) is 2.94. The number of thioether (sulfide) groups is 1. The number of methoxy groups -OCH3 is 2. The molecule has 0 fully saturated rings. The van der Waals surface area contributed by atoms with E-state index in [0.29, 0.717) is 33.8 Å². The van der Waals surface area contributed by atoms with Gasteiger partial charge in [-0.15, -0.1) is 0 Å². The Balaban J connectivity index is 1.70. The number of rotatable bonds is 8. The molecule has 2 aromatic carbocycles. The quantitative estimate of drug-likeness (QED) is 0.498. The Labute approximate surface area is 195 Å². The summed E-state index contributed by atoms with van der Waals surface area (Å²) in [7, 11) is 3.16. The standard InChI is InChI=1S/C23H24ClN3O4S/c1-14-5-6-17(12-19(14)24)27-22(28)10-9-21(26-27)32-15(2)23(29)25-13-16-11-18(30-3)7-8-20(16)31-4/h5-12,15H,13H2,1-4H3,(H,25,29)/t15-/m0/s1. The number of hydrogen-bond acceptors (Lipinski definition) is 6. The second kappa shape index (κ2) is 10.6. The van der Waals surface area contributed by atoms with Gasteiger partial charge in [0, 0.05) is 23.2 Å². The van der Waals surface area contributed by atoms with Gasteiger partial charge in [-0.2, -0.15) is 9.78 Å². The zero-order valence-corrected chi connectivity index (χ0v) is 19.8. The molecule has 1 N–H and O–H groups in total. The summed E-state index contributed by atoms with van der Waals surface area (Å²) < 4.78 is 11.9. The molecule has 0 spiro atoms. The average Bonchev–Trinajstić information content (AvgIpc) is 2.80. The molecule has 0 bridgehead atoms. The molecule has 168 valence electrons. The van der Waals surface area contributed by atoms with E-state index in [0.717, 1.165) is 11.1 Å². The lowest BCUT2D eigenvalue weighted by atomic mass is 10.2. The smallest absolute Gasteiger partial charge is 0.271 e. The zero-order valence-electron chi connectivity index (χ0n) is 18.2. The van der Waals surface area contributed by atoms with Crippen LogP contribution in [0.3, 0.4) is 0 Å². The number of hydrogen-bond donors (Lipinski definition) is 1. The topological polar surface area (TPSA) is 82.5 Å². The molecule has 3 aromatic rings.